The summed E-state index contributed by atoms with van der Waals surface area (Å²) in [6.07, 6.45) is 3.57. The highest BCUT2D eigenvalue weighted by molar-refractivity contribution is 5.88. The molecule has 1 aromatic carbocycles. The number of fused-ring (bicyclic) bond motifs is 1. The van der Waals surface area contributed by atoms with Gasteiger partial charge in [-0.25, -0.2) is 0 Å². The number of hydrogen-bond donors (Lipinski definition) is 2. The maximum Gasteiger partial charge on any atom is 0.243 e. The second-order valence-electron chi connectivity index (χ2n) is 9.52. The maximum atomic E-state index is 13.3. The van der Waals surface area contributed by atoms with E-state index in [9.17, 15) is 14.4 Å². The number of rotatable bonds is 8. The van der Waals surface area contributed by atoms with Gasteiger partial charge in [0.2, 0.25) is 17.7 Å². The molecule has 1 aromatic rings. The molecule has 1 fully saturated rings. The van der Waals surface area contributed by atoms with Gasteiger partial charge in [0.05, 0.1) is 6.54 Å². The van der Waals surface area contributed by atoms with Crippen LogP contribution in [0.3, 0.4) is 0 Å². The Morgan fingerprint density at radius 3 is 2.44 bits per heavy atom. The Labute approximate surface area is 191 Å². The average Bonchev–Trinajstić information content (AvgIpc) is 2.77. The number of piperidine rings is 1. The van der Waals surface area contributed by atoms with Gasteiger partial charge in [0.1, 0.15) is 6.04 Å². The molecule has 1 unspecified atom stereocenters. The van der Waals surface area contributed by atoms with Gasteiger partial charge in [-0.3, -0.25) is 19.3 Å². The van der Waals surface area contributed by atoms with Crippen molar-refractivity contribution >= 4 is 17.7 Å². The molecule has 3 rings (SSSR count). The van der Waals surface area contributed by atoms with Gasteiger partial charge in [0.25, 0.3) is 0 Å². The first-order valence-corrected chi connectivity index (χ1v) is 12.0. The second kappa shape index (κ2) is 11.5. The first-order valence-electron chi connectivity index (χ1n) is 12.0. The van der Waals surface area contributed by atoms with E-state index in [1.807, 2.05) is 39.0 Å². The van der Waals surface area contributed by atoms with Gasteiger partial charge < -0.3 is 15.5 Å². The van der Waals surface area contributed by atoms with Gasteiger partial charge in [-0.1, -0.05) is 45.0 Å². The summed E-state index contributed by atoms with van der Waals surface area (Å²) < 4.78 is 0. The lowest BCUT2D eigenvalue weighted by Gasteiger charge is -2.38. The summed E-state index contributed by atoms with van der Waals surface area (Å²) in [7, 11) is 0. The van der Waals surface area contributed by atoms with Crippen molar-refractivity contribution in [3.63, 3.8) is 0 Å². The first kappa shape index (κ1) is 24.2. The maximum absolute atomic E-state index is 13.3. The fourth-order valence-electron chi connectivity index (χ4n) is 4.54. The molecular weight excluding hydrogens is 404 g/mol. The lowest BCUT2D eigenvalue weighted by molar-refractivity contribution is -0.142. The molecule has 2 aliphatic rings. The predicted molar refractivity (Wildman–Crippen MR) is 125 cm³/mol. The molecule has 0 spiro atoms. The molecule has 2 heterocycles. The van der Waals surface area contributed by atoms with E-state index in [1.165, 1.54) is 0 Å². The Balaban J connectivity index is 1.58. The highest BCUT2D eigenvalue weighted by Crippen LogP contribution is 2.25. The molecule has 1 saturated heterocycles. The third kappa shape index (κ3) is 6.55. The topological polar surface area (TPSA) is 81.8 Å². The molecule has 0 saturated carbocycles. The normalized spacial score (nSPS) is 19.5. The van der Waals surface area contributed by atoms with Crippen molar-refractivity contribution in [2.24, 2.45) is 5.92 Å². The highest BCUT2D eigenvalue weighted by atomic mass is 16.2. The van der Waals surface area contributed by atoms with Crippen molar-refractivity contribution < 1.29 is 14.4 Å². The Morgan fingerprint density at radius 2 is 1.78 bits per heavy atom. The van der Waals surface area contributed by atoms with Gasteiger partial charge >= 0.3 is 0 Å². The van der Waals surface area contributed by atoms with Gasteiger partial charge in [-0.15, -0.1) is 0 Å². The minimum atomic E-state index is -0.464. The molecule has 3 amide bonds. The number of amides is 3. The SMILES string of the molecule is CCCNC(=O)CN1CCC(NC(=O)C2Cc3ccccc3CN2C(=O)CC(C)C)CC1. The Morgan fingerprint density at radius 1 is 1.09 bits per heavy atom. The van der Waals surface area contributed by atoms with Crippen LogP contribution in [0.25, 0.3) is 0 Å². The van der Waals surface area contributed by atoms with E-state index in [2.05, 4.69) is 21.6 Å². The Kier molecular flexibility index (Phi) is 8.67. The molecule has 32 heavy (non-hydrogen) atoms. The van der Waals surface area contributed by atoms with Gasteiger partial charge in [0, 0.05) is 45.1 Å². The standard InChI is InChI=1S/C25H38N4O3/c1-4-11-26-23(30)17-28-12-9-21(10-13-28)27-25(32)22-15-19-7-5-6-8-20(19)16-29(22)24(31)14-18(2)3/h5-8,18,21-22H,4,9-17H2,1-3H3,(H,26,30)(H,27,32). The molecule has 7 heteroatoms. The van der Waals surface area contributed by atoms with E-state index in [0.717, 1.165) is 43.5 Å². The van der Waals surface area contributed by atoms with Crippen LogP contribution in [0.1, 0.15) is 57.6 Å². The van der Waals surface area contributed by atoms with E-state index in [0.29, 0.717) is 32.5 Å². The molecule has 0 bridgehead atoms. The van der Waals surface area contributed by atoms with E-state index < -0.39 is 6.04 Å². The van der Waals surface area contributed by atoms with Crippen LogP contribution in [0.15, 0.2) is 24.3 Å². The second-order valence-corrected chi connectivity index (χ2v) is 9.52. The summed E-state index contributed by atoms with van der Waals surface area (Å²) in [5, 5.41) is 6.12. The number of hydrogen-bond acceptors (Lipinski definition) is 4. The van der Waals surface area contributed by atoms with Crippen LogP contribution in [-0.4, -0.2) is 65.8 Å². The summed E-state index contributed by atoms with van der Waals surface area (Å²) in [6.45, 7) is 9.28. The number of nitrogens with one attached hydrogen (secondary N) is 2. The molecule has 0 aromatic heterocycles. The van der Waals surface area contributed by atoms with Gasteiger partial charge in [-0.05, 0) is 36.3 Å². The van der Waals surface area contributed by atoms with Crippen molar-refractivity contribution in [1.82, 2.24) is 20.4 Å². The zero-order chi connectivity index (χ0) is 23.1. The summed E-state index contributed by atoms with van der Waals surface area (Å²) in [5.74, 6) is 0.301. The number of nitrogens with zero attached hydrogens (tertiary/aromatic N) is 2. The average molecular weight is 443 g/mol. The van der Waals surface area contributed by atoms with E-state index in [-0.39, 0.29) is 29.7 Å². The zero-order valence-electron chi connectivity index (χ0n) is 19.7. The van der Waals surface area contributed by atoms with Crippen molar-refractivity contribution in [2.45, 2.75) is 71.5 Å². The summed E-state index contributed by atoms with van der Waals surface area (Å²) >= 11 is 0. The Bertz CT molecular complexity index is 802. The minimum absolute atomic E-state index is 0.0440. The van der Waals surface area contributed by atoms with Crippen molar-refractivity contribution in [3.05, 3.63) is 35.4 Å². The first-order chi connectivity index (χ1) is 15.4. The van der Waals surface area contributed by atoms with Crippen LogP contribution in [0.5, 0.6) is 0 Å². The minimum Gasteiger partial charge on any atom is -0.355 e. The van der Waals surface area contributed by atoms with E-state index in [1.54, 1.807) is 4.90 Å². The van der Waals surface area contributed by atoms with E-state index in [4.69, 9.17) is 0 Å². The summed E-state index contributed by atoms with van der Waals surface area (Å²) in [5.41, 5.74) is 2.28. The largest absolute Gasteiger partial charge is 0.355 e. The van der Waals surface area contributed by atoms with Crippen LogP contribution in [0.2, 0.25) is 0 Å². The van der Waals surface area contributed by atoms with Crippen LogP contribution in [-0.2, 0) is 27.3 Å². The quantitative estimate of drug-likeness (QED) is 0.646. The molecular formula is C25H38N4O3. The fourth-order valence-corrected chi connectivity index (χ4v) is 4.54. The third-order valence-corrected chi connectivity index (χ3v) is 6.33. The van der Waals surface area contributed by atoms with Crippen LogP contribution in [0.4, 0.5) is 0 Å². The summed E-state index contributed by atoms with van der Waals surface area (Å²) in [4.78, 5) is 42.1. The fraction of sp³-hybridized carbons (Fsp3) is 0.640. The Hall–Kier alpha value is -2.41. The number of carbonyl (C=O) groups is 3. The smallest absolute Gasteiger partial charge is 0.243 e. The van der Waals surface area contributed by atoms with Gasteiger partial charge in [0.15, 0.2) is 0 Å². The monoisotopic (exact) mass is 442 g/mol. The molecule has 2 aliphatic heterocycles. The third-order valence-electron chi connectivity index (χ3n) is 6.33. The zero-order valence-corrected chi connectivity index (χ0v) is 19.7. The molecule has 2 N–H and O–H groups in total. The van der Waals surface area contributed by atoms with Crippen molar-refractivity contribution in [2.75, 3.05) is 26.2 Å². The highest BCUT2D eigenvalue weighted by Gasteiger charge is 2.35. The van der Waals surface area contributed by atoms with Crippen LogP contribution < -0.4 is 10.6 Å². The summed E-state index contributed by atoms with van der Waals surface area (Å²) in [6, 6.07) is 7.70. The molecule has 176 valence electrons. The molecule has 7 nitrogen and oxygen atoms in total. The number of likely N-dealkylation sites (tertiary alicyclic amines) is 1. The lowest BCUT2D eigenvalue weighted by atomic mass is 9.92. The molecule has 1 atom stereocenters. The van der Waals surface area contributed by atoms with Crippen LogP contribution >= 0.6 is 0 Å². The lowest BCUT2D eigenvalue weighted by Crippen LogP contribution is -2.56. The van der Waals surface area contributed by atoms with Crippen LogP contribution in [0, 0.1) is 5.92 Å². The number of carbonyl (C=O) groups excluding carboxylic acids is 3. The van der Waals surface area contributed by atoms with Crippen molar-refractivity contribution in [3.8, 4) is 0 Å². The molecule has 0 aliphatic carbocycles. The van der Waals surface area contributed by atoms with E-state index >= 15 is 0 Å². The number of benzene rings is 1. The predicted octanol–water partition coefficient (Wildman–Crippen LogP) is 2.09. The molecule has 0 radical (unpaired) electrons. The van der Waals surface area contributed by atoms with Gasteiger partial charge in [-0.2, -0.15) is 0 Å². The van der Waals surface area contributed by atoms with Crippen molar-refractivity contribution in [1.29, 1.82) is 0 Å².